The van der Waals surface area contributed by atoms with Gasteiger partial charge in [0.25, 0.3) is 0 Å². The predicted molar refractivity (Wildman–Crippen MR) is 238 cm³/mol. The zero-order valence-corrected chi connectivity index (χ0v) is 34.1. The summed E-state index contributed by atoms with van der Waals surface area (Å²) in [6.45, 7) is 13.0. The van der Waals surface area contributed by atoms with Crippen LogP contribution in [0.1, 0.15) is 109 Å². The summed E-state index contributed by atoms with van der Waals surface area (Å²) >= 11 is 0. The van der Waals surface area contributed by atoms with Crippen molar-refractivity contribution >= 4 is 34.3 Å². The molecule has 8 heteroatoms. The average molecular weight is 803 g/mol. The summed E-state index contributed by atoms with van der Waals surface area (Å²) < 4.78 is 12.4. The van der Waals surface area contributed by atoms with Crippen LogP contribution in [0, 0.1) is 0 Å². The van der Waals surface area contributed by atoms with Gasteiger partial charge in [0.2, 0.25) is 0 Å². The average Bonchev–Trinajstić information content (AvgIpc) is 3.27. The molecule has 0 spiro atoms. The topological polar surface area (TPSA) is 142 Å². The summed E-state index contributed by atoms with van der Waals surface area (Å²) in [6.07, 6.45) is 0. The van der Waals surface area contributed by atoms with Gasteiger partial charge < -0.3 is 26.0 Å². The Kier molecular flexibility index (Phi) is 9.05. The number of nitrogens with two attached hydrogens (primary N) is 2. The van der Waals surface area contributed by atoms with E-state index in [1.54, 1.807) is 36.4 Å². The van der Waals surface area contributed by atoms with E-state index in [1.165, 1.54) is 6.07 Å². The summed E-state index contributed by atoms with van der Waals surface area (Å²) in [5.41, 5.74) is 20.5. The van der Waals surface area contributed by atoms with Crippen molar-refractivity contribution in [3.05, 3.63) is 213 Å². The molecule has 0 fully saturated rings. The van der Waals surface area contributed by atoms with Gasteiger partial charge in [-0.15, -0.1) is 0 Å². The van der Waals surface area contributed by atoms with E-state index < -0.39 is 17.0 Å². The van der Waals surface area contributed by atoms with Crippen LogP contribution in [0.3, 0.4) is 0 Å². The molecule has 0 aromatic heterocycles. The molecule has 0 atom stereocenters. The number of hydrogen-bond donors (Lipinski definition) is 3. The van der Waals surface area contributed by atoms with Crippen molar-refractivity contribution in [2.75, 3.05) is 11.5 Å². The Balaban J connectivity index is 0.921. The Morgan fingerprint density at radius 1 is 0.459 bits per heavy atom. The number of phenolic OH excluding ortho intramolecular Hbond substituents is 1. The molecule has 0 radical (unpaired) electrons. The Hall–Kier alpha value is -7.71. The zero-order chi connectivity index (χ0) is 43.0. The second-order valence-corrected chi connectivity index (χ2v) is 16.6. The van der Waals surface area contributed by atoms with E-state index in [1.807, 2.05) is 60.7 Å². The number of carbonyl (C=O) groups excluding carboxylic acids is 3. The van der Waals surface area contributed by atoms with E-state index in [0.717, 1.165) is 27.8 Å². The molecule has 7 aromatic rings. The number of ketones is 3. The molecule has 0 aliphatic heterocycles. The minimum atomic E-state index is -0.462. The summed E-state index contributed by atoms with van der Waals surface area (Å²) in [4.78, 5) is 39.9. The Morgan fingerprint density at radius 2 is 0.918 bits per heavy atom. The first-order chi connectivity index (χ1) is 29.2. The van der Waals surface area contributed by atoms with E-state index in [4.69, 9.17) is 20.9 Å². The largest absolute Gasteiger partial charge is 0.507 e. The van der Waals surface area contributed by atoms with E-state index in [-0.39, 0.29) is 50.6 Å². The number of benzene rings is 7. The maximum absolute atomic E-state index is 13.4. The maximum Gasteiger partial charge on any atom is 0.198 e. The first-order valence-electron chi connectivity index (χ1n) is 19.9. The van der Waals surface area contributed by atoms with Gasteiger partial charge in [-0.25, -0.2) is 0 Å². The maximum atomic E-state index is 13.4. The lowest BCUT2D eigenvalue weighted by molar-refractivity contribution is 0.0977. The van der Waals surface area contributed by atoms with Crippen LogP contribution in [0.15, 0.2) is 146 Å². The van der Waals surface area contributed by atoms with Gasteiger partial charge in [-0.05, 0) is 69.8 Å². The number of phenols is 1. The number of hydrogen-bond acceptors (Lipinski definition) is 8. The van der Waals surface area contributed by atoms with E-state index in [2.05, 4.69) is 70.7 Å². The predicted octanol–water partition coefficient (Wildman–Crippen LogP) is 11.2. The first-order valence-corrected chi connectivity index (χ1v) is 19.9. The molecular weight excluding hydrogens is 761 g/mol. The molecule has 0 heterocycles. The molecule has 2 aliphatic carbocycles. The third-order valence-corrected chi connectivity index (χ3v) is 12.3. The minimum absolute atomic E-state index is 0.0112. The van der Waals surface area contributed by atoms with Gasteiger partial charge in [0, 0.05) is 44.7 Å². The van der Waals surface area contributed by atoms with Crippen molar-refractivity contribution < 1.29 is 29.0 Å². The molecule has 300 valence electrons. The number of anilines is 2. The number of rotatable bonds is 8. The molecule has 9 rings (SSSR count). The third kappa shape index (κ3) is 6.26. The van der Waals surface area contributed by atoms with Crippen LogP contribution in [-0.4, -0.2) is 22.5 Å². The van der Waals surface area contributed by atoms with Crippen LogP contribution in [0.2, 0.25) is 0 Å². The lowest BCUT2D eigenvalue weighted by Gasteiger charge is -2.31. The number of ether oxygens (including phenoxy) is 2. The van der Waals surface area contributed by atoms with E-state index in [9.17, 15) is 19.5 Å². The van der Waals surface area contributed by atoms with Gasteiger partial charge in [-0.3, -0.25) is 14.4 Å². The smallest absolute Gasteiger partial charge is 0.198 e. The lowest BCUT2D eigenvalue weighted by atomic mass is 9.73. The Bertz CT molecular complexity index is 3010. The van der Waals surface area contributed by atoms with Crippen LogP contribution in [0.25, 0.3) is 5.57 Å². The minimum Gasteiger partial charge on any atom is -0.507 e. The molecular formula is C53H42N2O6. The van der Waals surface area contributed by atoms with Gasteiger partial charge in [-0.2, -0.15) is 0 Å². The summed E-state index contributed by atoms with van der Waals surface area (Å²) in [5, 5.41) is 10.9. The highest BCUT2D eigenvalue weighted by Gasteiger charge is 2.36. The van der Waals surface area contributed by atoms with Crippen molar-refractivity contribution in [3.8, 4) is 28.7 Å². The third-order valence-electron chi connectivity index (χ3n) is 12.3. The molecule has 7 aromatic carbocycles. The van der Waals surface area contributed by atoms with Crippen molar-refractivity contribution in [2.45, 2.75) is 38.5 Å². The summed E-state index contributed by atoms with van der Waals surface area (Å²) in [6, 6.07) is 42.8. The Labute approximate surface area is 353 Å². The van der Waals surface area contributed by atoms with Crippen molar-refractivity contribution in [3.63, 3.8) is 0 Å². The van der Waals surface area contributed by atoms with Crippen molar-refractivity contribution in [1.82, 2.24) is 0 Å². The quantitative estimate of drug-likeness (QED) is 0.102. The lowest BCUT2D eigenvalue weighted by Crippen LogP contribution is -2.23. The highest BCUT2D eigenvalue weighted by molar-refractivity contribution is 6.31. The van der Waals surface area contributed by atoms with E-state index in [0.29, 0.717) is 45.2 Å². The first kappa shape index (κ1) is 38.8. The number of fused-ring (bicyclic) bond motifs is 4. The SMILES string of the molecule is C=C1c2ccccc2C(=O)c2ccc(Oc3ccc(C(C)(C)c4cccc(C(C)(C)c5ccc(Oc6cc(O)c7c(c6N)C(=O)c6ccccc6C7=O)cc5)c4)cc3)c(N)c21. The summed E-state index contributed by atoms with van der Waals surface area (Å²) in [7, 11) is 0. The fraction of sp³-hybridized carbons (Fsp3) is 0.113. The van der Waals surface area contributed by atoms with Crippen LogP contribution < -0.4 is 20.9 Å². The van der Waals surface area contributed by atoms with Crippen LogP contribution >= 0.6 is 0 Å². The molecule has 0 bridgehead atoms. The molecule has 2 aliphatic rings. The molecule has 8 nitrogen and oxygen atoms in total. The monoisotopic (exact) mass is 802 g/mol. The molecule has 0 amide bonds. The highest BCUT2D eigenvalue weighted by Crippen LogP contribution is 2.45. The number of carbonyl (C=O) groups is 3. The second-order valence-electron chi connectivity index (χ2n) is 16.6. The van der Waals surface area contributed by atoms with Gasteiger partial charge >= 0.3 is 0 Å². The van der Waals surface area contributed by atoms with Crippen LogP contribution in [-0.2, 0) is 10.8 Å². The van der Waals surface area contributed by atoms with Crippen molar-refractivity contribution in [2.24, 2.45) is 0 Å². The van der Waals surface area contributed by atoms with Gasteiger partial charge in [-0.1, -0.05) is 131 Å². The number of aromatic hydroxyl groups is 1. The van der Waals surface area contributed by atoms with Crippen LogP contribution in [0.5, 0.6) is 28.7 Å². The molecule has 0 saturated heterocycles. The standard InChI is InChI=1S/C53H42N2O6/c1-29-36-13-6-7-14-37(36)49(57)40-25-26-42(47(54)44(29)40)60-34-21-17-30(18-22-34)52(2,3)32-11-10-12-33(27-32)53(4,5)31-19-23-35(24-20-31)61-43-28-41(56)45-46(48(43)55)51(59)39-16-9-8-15-38(39)50(45)58/h6-28,56H,1,54-55H2,2-5H3. The van der Waals surface area contributed by atoms with Gasteiger partial charge in [0.05, 0.1) is 22.5 Å². The van der Waals surface area contributed by atoms with E-state index >= 15 is 0 Å². The Morgan fingerprint density at radius 3 is 1.46 bits per heavy atom. The zero-order valence-electron chi connectivity index (χ0n) is 34.1. The van der Waals surface area contributed by atoms with Gasteiger partial charge in [0.1, 0.15) is 17.2 Å². The normalized spacial score (nSPS) is 13.2. The molecule has 0 saturated carbocycles. The van der Waals surface area contributed by atoms with Crippen LogP contribution in [0.4, 0.5) is 11.4 Å². The number of nitrogen functional groups attached to an aromatic ring is 2. The molecule has 5 N–H and O–H groups in total. The second kappa shape index (κ2) is 14.2. The van der Waals surface area contributed by atoms with Gasteiger partial charge in [0.15, 0.2) is 28.8 Å². The molecule has 0 unspecified atom stereocenters. The fourth-order valence-corrected chi connectivity index (χ4v) is 8.55. The highest BCUT2D eigenvalue weighted by atomic mass is 16.5. The molecule has 61 heavy (non-hydrogen) atoms. The fourth-order valence-electron chi connectivity index (χ4n) is 8.55. The van der Waals surface area contributed by atoms with Crippen molar-refractivity contribution in [1.29, 1.82) is 0 Å². The summed E-state index contributed by atoms with van der Waals surface area (Å²) in [5.74, 6) is 0.241.